The number of aryl methyl sites for hydroxylation is 1. The first-order valence-corrected chi connectivity index (χ1v) is 9.30. The maximum Gasteiger partial charge on any atom is 0.241 e. The van der Waals surface area contributed by atoms with Crippen LogP contribution in [0.3, 0.4) is 0 Å². The number of rotatable bonds is 7. The van der Waals surface area contributed by atoms with E-state index in [2.05, 4.69) is 10.0 Å². The summed E-state index contributed by atoms with van der Waals surface area (Å²) < 4.78 is 32.3. The predicted molar refractivity (Wildman–Crippen MR) is 95.8 cm³/mol. The summed E-state index contributed by atoms with van der Waals surface area (Å²) in [6, 6.07) is 12.8. The molecular weight excluding hydrogens is 340 g/mol. The van der Waals surface area contributed by atoms with Crippen LogP contribution in [0.5, 0.6) is 5.75 Å². The first-order valence-electron chi connectivity index (χ1n) is 7.82. The Morgan fingerprint density at radius 3 is 2.40 bits per heavy atom. The molecule has 25 heavy (non-hydrogen) atoms. The molecule has 2 aromatic carbocycles. The third-order valence-electron chi connectivity index (χ3n) is 3.70. The Labute approximate surface area is 148 Å². The highest BCUT2D eigenvalue weighted by Gasteiger charge is 2.21. The zero-order valence-electron chi connectivity index (χ0n) is 14.4. The highest BCUT2D eigenvalue weighted by molar-refractivity contribution is 7.89. The summed E-state index contributed by atoms with van der Waals surface area (Å²) in [4.78, 5) is 12.3. The lowest BCUT2D eigenvalue weighted by Gasteiger charge is -2.15. The average molecular weight is 362 g/mol. The Bertz CT molecular complexity index is 832. The van der Waals surface area contributed by atoms with Crippen molar-refractivity contribution in [1.29, 1.82) is 0 Å². The number of para-hydroxylation sites is 1. The van der Waals surface area contributed by atoms with Crippen molar-refractivity contribution in [1.82, 2.24) is 10.0 Å². The number of amides is 1. The van der Waals surface area contributed by atoms with Crippen molar-refractivity contribution in [2.24, 2.45) is 0 Å². The number of hydrogen-bond donors (Lipinski definition) is 2. The topological polar surface area (TPSA) is 84.5 Å². The predicted octanol–water partition coefficient (Wildman–Crippen LogP) is 1.99. The van der Waals surface area contributed by atoms with E-state index >= 15 is 0 Å². The lowest BCUT2D eigenvalue weighted by atomic mass is 10.2. The molecule has 134 valence electrons. The molecule has 0 saturated carbocycles. The van der Waals surface area contributed by atoms with E-state index in [0.717, 1.165) is 11.1 Å². The number of methoxy groups -OCH3 is 1. The minimum absolute atomic E-state index is 0.127. The second-order valence-electron chi connectivity index (χ2n) is 5.69. The minimum atomic E-state index is -3.75. The van der Waals surface area contributed by atoms with Crippen molar-refractivity contribution in [3.8, 4) is 5.75 Å². The molecule has 0 bridgehead atoms. The SMILES string of the molecule is COc1ccccc1CNC(=O)[C@H](C)NS(=O)(=O)c1ccc(C)cc1. The summed E-state index contributed by atoms with van der Waals surface area (Å²) in [6.45, 7) is 3.63. The van der Waals surface area contributed by atoms with Crippen LogP contribution in [-0.4, -0.2) is 27.5 Å². The van der Waals surface area contributed by atoms with E-state index in [1.54, 1.807) is 25.3 Å². The zero-order valence-corrected chi connectivity index (χ0v) is 15.3. The zero-order chi connectivity index (χ0) is 18.4. The largest absolute Gasteiger partial charge is 0.496 e. The number of nitrogens with one attached hydrogen (secondary N) is 2. The molecule has 0 saturated heterocycles. The fourth-order valence-electron chi connectivity index (χ4n) is 2.26. The minimum Gasteiger partial charge on any atom is -0.496 e. The molecule has 2 rings (SSSR count). The van der Waals surface area contributed by atoms with Crippen molar-refractivity contribution >= 4 is 15.9 Å². The molecular formula is C18H22N2O4S. The Hall–Kier alpha value is -2.38. The van der Waals surface area contributed by atoms with Crippen LogP contribution >= 0.6 is 0 Å². The van der Waals surface area contributed by atoms with Crippen molar-refractivity contribution < 1.29 is 17.9 Å². The van der Waals surface area contributed by atoms with Gasteiger partial charge in [0.25, 0.3) is 0 Å². The third kappa shape index (κ3) is 5.04. The van der Waals surface area contributed by atoms with Crippen molar-refractivity contribution in [2.75, 3.05) is 7.11 Å². The Morgan fingerprint density at radius 2 is 1.76 bits per heavy atom. The quantitative estimate of drug-likeness (QED) is 0.789. The van der Waals surface area contributed by atoms with Gasteiger partial charge in [-0.3, -0.25) is 4.79 Å². The normalized spacial score (nSPS) is 12.4. The Balaban J connectivity index is 1.99. The van der Waals surface area contributed by atoms with Crippen molar-refractivity contribution in [3.63, 3.8) is 0 Å². The number of benzene rings is 2. The first kappa shape index (κ1) is 19.0. The van der Waals surface area contributed by atoms with E-state index in [0.29, 0.717) is 5.75 Å². The van der Waals surface area contributed by atoms with Crippen LogP contribution in [0.15, 0.2) is 53.4 Å². The monoisotopic (exact) mass is 362 g/mol. The Morgan fingerprint density at radius 1 is 1.12 bits per heavy atom. The smallest absolute Gasteiger partial charge is 0.241 e. The second-order valence-corrected chi connectivity index (χ2v) is 7.40. The lowest BCUT2D eigenvalue weighted by molar-refractivity contribution is -0.122. The van der Waals surface area contributed by atoms with Gasteiger partial charge in [-0.2, -0.15) is 4.72 Å². The average Bonchev–Trinajstić information content (AvgIpc) is 2.59. The molecule has 0 radical (unpaired) electrons. The van der Waals surface area contributed by atoms with Crippen LogP contribution in [0.1, 0.15) is 18.1 Å². The summed E-state index contributed by atoms with van der Waals surface area (Å²) >= 11 is 0. The van der Waals surface area contributed by atoms with Crippen LogP contribution < -0.4 is 14.8 Å². The molecule has 2 N–H and O–H groups in total. The van der Waals surface area contributed by atoms with Crippen LogP contribution in [0.2, 0.25) is 0 Å². The van der Waals surface area contributed by atoms with E-state index in [-0.39, 0.29) is 11.4 Å². The van der Waals surface area contributed by atoms with Gasteiger partial charge in [0.1, 0.15) is 5.75 Å². The molecule has 7 heteroatoms. The maximum atomic E-state index is 12.3. The summed E-state index contributed by atoms with van der Waals surface area (Å²) in [5, 5.41) is 2.71. The molecule has 1 atom stereocenters. The highest BCUT2D eigenvalue weighted by atomic mass is 32.2. The summed E-state index contributed by atoms with van der Waals surface area (Å²) in [7, 11) is -2.20. The fraction of sp³-hybridized carbons (Fsp3) is 0.278. The molecule has 2 aromatic rings. The standard InChI is InChI=1S/C18H22N2O4S/c1-13-8-10-16(11-9-13)25(22,23)20-14(2)18(21)19-12-15-6-4-5-7-17(15)24-3/h4-11,14,20H,12H2,1-3H3,(H,19,21)/t14-/m0/s1. The molecule has 0 aliphatic heterocycles. The molecule has 0 spiro atoms. The van der Waals surface area contributed by atoms with Gasteiger partial charge in [-0.05, 0) is 32.0 Å². The lowest BCUT2D eigenvalue weighted by Crippen LogP contribution is -2.44. The number of hydrogen-bond acceptors (Lipinski definition) is 4. The van der Waals surface area contributed by atoms with E-state index < -0.39 is 22.0 Å². The van der Waals surface area contributed by atoms with Gasteiger partial charge in [0, 0.05) is 12.1 Å². The second kappa shape index (κ2) is 8.13. The fourth-order valence-corrected chi connectivity index (χ4v) is 3.46. The maximum absolute atomic E-state index is 12.3. The third-order valence-corrected chi connectivity index (χ3v) is 5.26. The van der Waals surface area contributed by atoms with E-state index in [1.165, 1.54) is 19.1 Å². The number of ether oxygens (including phenoxy) is 1. The van der Waals surface area contributed by atoms with Gasteiger partial charge in [0.15, 0.2) is 0 Å². The molecule has 0 aromatic heterocycles. The van der Waals surface area contributed by atoms with Crippen LogP contribution in [0, 0.1) is 6.92 Å². The molecule has 0 heterocycles. The molecule has 0 aliphatic rings. The van der Waals surface area contributed by atoms with E-state index in [4.69, 9.17) is 4.74 Å². The number of sulfonamides is 1. The van der Waals surface area contributed by atoms with Crippen LogP contribution in [0.25, 0.3) is 0 Å². The van der Waals surface area contributed by atoms with Gasteiger partial charge in [-0.1, -0.05) is 35.9 Å². The number of carbonyl (C=O) groups excluding carboxylic acids is 1. The molecule has 0 aliphatic carbocycles. The van der Waals surface area contributed by atoms with Gasteiger partial charge < -0.3 is 10.1 Å². The van der Waals surface area contributed by atoms with Crippen LogP contribution in [-0.2, 0) is 21.4 Å². The van der Waals surface area contributed by atoms with Gasteiger partial charge in [-0.25, -0.2) is 8.42 Å². The van der Waals surface area contributed by atoms with Crippen LogP contribution in [0.4, 0.5) is 0 Å². The summed E-state index contributed by atoms with van der Waals surface area (Å²) in [6.07, 6.45) is 0. The van der Waals surface area contributed by atoms with Gasteiger partial charge in [-0.15, -0.1) is 0 Å². The van der Waals surface area contributed by atoms with Crippen molar-refractivity contribution in [3.05, 3.63) is 59.7 Å². The van der Waals surface area contributed by atoms with Gasteiger partial charge in [0.2, 0.25) is 15.9 Å². The molecule has 0 unspecified atom stereocenters. The number of carbonyl (C=O) groups is 1. The van der Waals surface area contributed by atoms with E-state index in [1.807, 2.05) is 25.1 Å². The van der Waals surface area contributed by atoms with Gasteiger partial charge >= 0.3 is 0 Å². The molecule has 6 nitrogen and oxygen atoms in total. The van der Waals surface area contributed by atoms with E-state index in [9.17, 15) is 13.2 Å². The summed E-state index contributed by atoms with van der Waals surface area (Å²) in [5.41, 5.74) is 1.77. The van der Waals surface area contributed by atoms with Gasteiger partial charge in [0.05, 0.1) is 18.0 Å². The Kier molecular flexibility index (Phi) is 6.17. The first-order chi connectivity index (χ1) is 11.8. The molecule has 0 fully saturated rings. The molecule has 1 amide bonds. The summed E-state index contributed by atoms with van der Waals surface area (Å²) in [5.74, 6) is 0.247. The highest BCUT2D eigenvalue weighted by Crippen LogP contribution is 2.16. The van der Waals surface area contributed by atoms with Crippen molar-refractivity contribution in [2.45, 2.75) is 31.3 Å².